The summed E-state index contributed by atoms with van der Waals surface area (Å²) in [5.41, 5.74) is 17.9. The minimum atomic E-state index is -3.41. The molecule has 146 heavy (non-hydrogen) atoms. The molecule has 36 heteroatoms. The topological polar surface area (TPSA) is 331 Å². The van der Waals surface area contributed by atoms with Crippen molar-refractivity contribution in [1.29, 1.82) is 0 Å². The number of carbonyl (C=O) groups is 4. The van der Waals surface area contributed by atoms with Crippen LogP contribution in [0.25, 0.3) is 0 Å². The number of piperidine rings is 2. The molecular weight excluding hydrogens is 1990 g/mol. The van der Waals surface area contributed by atoms with Crippen molar-refractivity contribution in [2.45, 2.75) is 167 Å². The first-order chi connectivity index (χ1) is 69.3. The van der Waals surface area contributed by atoms with E-state index in [1.807, 2.05) is 172 Å². The Hall–Kier alpha value is -11.7. The maximum Gasteiger partial charge on any atom is 0.254 e. The number of sulfone groups is 2. The first-order valence-corrected chi connectivity index (χ1v) is 54.1. The van der Waals surface area contributed by atoms with Crippen molar-refractivity contribution in [2.75, 3.05) is 128 Å². The van der Waals surface area contributed by atoms with E-state index in [1.54, 1.807) is 96.4 Å². The highest BCUT2D eigenvalue weighted by atomic mass is 35.5. The first kappa shape index (κ1) is 111. The average molecular weight is 2120 g/mol. The molecular formula is C110H130Cl5FN20O8S2. The van der Waals surface area contributed by atoms with Crippen molar-refractivity contribution in [3.8, 4) is 0 Å². The van der Waals surface area contributed by atoms with Crippen LogP contribution < -0.4 is 31.9 Å². The maximum absolute atomic E-state index is 14.9. The predicted octanol–water partition coefficient (Wildman–Crippen LogP) is 19.6. The van der Waals surface area contributed by atoms with Crippen LogP contribution >= 0.6 is 58.0 Å². The largest absolute Gasteiger partial charge is 0.349 e. The van der Waals surface area contributed by atoms with Crippen LogP contribution in [-0.2, 0) is 79.3 Å². The molecule has 0 bridgehead atoms. The molecule has 4 aliphatic rings. The van der Waals surface area contributed by atoms with E-state index in [1.165, 1.54) is 12.1 Å². The number of aryl methyl sites for hydroxylation is 4. The van der Waals surface area contributed by atoms with Gasteiger partial charge in [0.1, 0.15) is 5.82 Å². The molecule has 12 aromatic rings. The van der Waals surface area contributed by atoms with E-state index in [4.69, 9.17) is 73.0 Å². The molecule has 8 heterocycles. The fourth-order valence-corrected chi connectivity index (χ4v) is 19.5. The van der Waals surface area contributed by atoms with E-state index < -0.39 is 40.9 Å². The molecule has 8 aromatic carbocycles. The van der Waals surface area contributed by atoms with Gasteiger partial charge in [-0.1, -0.05) is 125 Å². The van der Waals surface area contributed by atoms with Crippen molar-refractivity contribution in [3.63, 3.8) is 0 Å². The molecule has 28 nitrogen and oxygen atoms in total. The number of hydrogen-bond acceptors (Lipinski definition) is 24. The third-order valence-electron chi connectivity index (χ3n) is 26.3. The first-order valence-electron chi connectivity index (χ1n) is 48.9. The van der Waals surface area contributed by atoms with Crippen molar-refractivity contribution in [2.24, 2.45) is 0 Å². The molecule has 4 aromatic heterocycles. The van der Waals surface area contributed by atoms with Gasteiger partial charge in [-0.2, -0.15) is 0 Å². The lowest BCUT2D eigenvalue weighted by Gasteiger charge is -2.32. The number of nitrogens with one attached hydrogen (secondary N) is 6. The molecule has 4 aliphatic heterocycles. The number of likely N-dealkylation sites (N-methyl/N-ethyl adjacent to an activating group) is 2. The molecule has 4 fully saturated rings. The van der Waals surface area contributed by atoms with Crippen LogP contribution in [0.2, 0.25) is 25.1 Å². The monoisotopic (exact) mass is 2120 g/mol. The number of carbonyl (C=O) groups excluding carboxylic acids is 4. The van der Waals surface area contributed by atoms with Gasteiger partial charge in [0.15, 0.2) is 19.7 Å². The highest BCUT2D eigenvalue weighted by molar-refractivity contribution is 7.92. The summed E-state index contributed by atoms with van der Waals surface area (Å²) in [5.74, 6) is 0.769. The summed E-state index contributed by atoms with van der Waals surface area (Å²) < 4.78 is 64.2. The Morgan fingerprint density at radius 2 is 0.664 bits per heavy atom. The van der Waals surface area contributed by atoms with Gasteiger partial charge in [0.2, 0.25) is 35.6 Å². The van der Waals surface area contributed by atoms with Gasteiger partial charge in [0.05, 0.1) is 72.2 Å². The summed E-state index contributed by atoms with van der Waals surface area (Å²) >= 11 is 30.9. The Bertz CT molecular complexity index is 6800. The molecule has 0 spiro atoms. The molecule has 0 radical (unpaired) electrons. The van der Waals surface area contributed by atoms with Gasteiger partial charge in [-0.3, -0.25) is 19.2 Å². The van der Waals surface area contributed by atoms with E-state index in [0.29, 0.717) is 98.8 Å². The highest BCUT2D eigenvalue weighted by Crippen LogP contribution is 2.33. The molecule has 6 N–H and O–H groups in total. The van der Waals surface area contributed by atoms with Crippen molar-refractivity contribution >= 4 is 148 Å². The normalized spacial score (nSPS) is 14.8. The zero-order valence-corrected chi connectivity index (χ0v) is 90.6. The zero-order chi connectivity index (χ0) is 105. The molecule has 0 saturated carbocycles. The summed E-state index contributed by atoms with van der Waals surface area (Å²) in [6.45, 7) is 28.6. The maximum atomic E-state index is 14.9. The summed E-state index contributed by atoms with van der Waals surface area (Å²) in [6.07, 6.45) is 13.8. The molecule has 0 aliphatic carbocycles. The number of halogens is 6. The third-order valence-corrected chi connectivity index (χ3v) is 33.1. The number of benzene rings is 8. The second kappa shape index (κ2) is 50.8. The number of aromatic nitrogens is 8. The Morgan fingerprint density at radius 3 is 1.02 bits per heavy atom. The van der Waals surface area contributed by atoms with E-state index in [2.05, 4.69) is 97.6 Å². The lowest BCUT2D eigenvalue weighted by atomic mass is 10.0. The van der Waals surface area contributed by atoms with E-state index in [0.717, 1.165) is 205 Å². The number of rotatable bonds is 28. The molecule has 772 valence electrons. The van der Waals surface area contributed by atoms with E-state index in [9.17, 15) is 40.4 Å². The Morgan fingerprint density at radius 1 is 0.356 bits per heavy atom. The lowest BCUT2D eigenvalue weighted by molar-refractivity contribution is -0.132. The molecule has 4 saturated heterocycles. The summed E-state index contributed by atoms with van der Waals surface area (Å²) in [6, 6.07) is 51.8. The molecule has 4 amide bonds. The number of piperazine rings is 2. The number of hydrogen-bond donors (Lipinski definition) is 6. The minimum Gasteiger partial charge on any atom is -0.349 e. The fraction of sp³-hybridized carbons (Fsp3) is 0.382. The molecule has 16 rings (SSSR count). The van der Waals surface area contributed by atoms with Gasteiger partial charge < -0.3 is 61.3 Å². The van der Waals surface area contributed by atoms with E-state index >= 15 is 0 Å². The van der Waals surface area contributed by atoms with Crippen LogP contribution in [0.1, 0.15) is 177 Å². The lowest BCUT2D eigenvalue weighted by Crippen LogP contribution is -2.47. The third kappa shape index (κ3) is 32.6. The quantitative estimate of drug-likeness (QED) is 0.0265. The summed E-state index contributed by atoms with van der Waals surface area (Å²) in [7, 11) is 1.53. The van der Waals surface area contributed by atoms with Gasteiger partial charge in [-0.25, -0.2) is 61.1 Å². The SMILES string of the molecule is Cc1cnc(Nc2ccc(C(=O)NC3CCN(C)CC3)c(F)c2)nc1Cc1ccc(Cl)c(CS(=O)(=O)C(C)(C)C)c1.Cc1cnc(Nc2ccc(C(=O)NC3CCN(C)CC3)cc2)nc1Cc1ccc(Cl)c(CS(=O)(=O)C(C)(C)C)c1.Cc1cnc(Nc2ccc(CC(=O)N3CCN(C)CC3)cc2)nc1Cc1ccc(Cl)c(Cl)c1.Cc1cnc(Nc2ccc(CC(=O)N3CCN(C)CC3)cc2)nc1Cc1ccc(Cl)cc1. The molecule has 0 atom stereocenters. The van der Waals surface area contributed by atoms with Crippen LogP contribution in [0.15, 0.2) is 195 Å². The predicted molar refractivity (Wildman–Crippen MR) is 584 cm³/mol. The van der Waals surface area contributed by atoms with Crippen LogP contribution in [0, 0.1) is 33.5 Å². The van der Waals surface area contributed by atoms with Crippen LogP contribution in [-0.4, -0.2) is 238 Å². The van der Waals surface area contributed by atoms with Crippen LogP contribution in [0.4, 0.5) is 50.9 Å². The van der Waals surface area contributed by atoms with Gasteiger partial charge in [0.25, 0.3) is 11.8 Å². The average Bonchev–Trinajstić information content (AvgIpc) is 0.805. The van der Waals surface area contributed by atoms with Gasteiger partial charge in [-0.15, -0.1) is 0 Å². The number of nitrogens with zero attached hydrogens (tertiary/aromatic N) is 14. The second-order valence-electron chi connectivity index (χ2n) is 40.0. The highest BCUT2D eigenvalue weighted by Gasteiger charge is 2.33. The smallest absolute Gasteiger partial charge is 0.254 e. The van der Waals surface area contributed by atoms with Gasteiger partial charge in [0, 0.05) is 158 Å². The standard InChI is InChI=1S/C30H37ClFN5O3S.C30H38ClN5O3S.C25H27Cl2N5O.C25H28ClN5O/c1-19-17-33-29(35-23-7-8-24(26(32)16-23)28(38)34-22-10-12-37(5)13-11-22)36-27(19)15-20-6-9-25(31)21(14-20)18-41(39,40)30(2,3)4;1-20-18-32-29(34-24-9-7-22(8-10-24)28(37)33-25-12-14-36(5)15-13-25)35-27(20)17-21-6-11-26(31)23(16-21)19-40(38,39)30(2,3)4;1-17-16-28-25(30-23(17)14-19-5-8-21(26)22(27)13-19)29-20-6-3-18(4-7-20)15-24(33)32-11-9-31(2)10-12-32;1-18-17-27-25(29-23(18)15-19-3-7-21(26)8-4-19)28-22-9-5-20(6-10-22)16-24(32)31-13-11-30(2)12-14-31/h6-9,14,16-17,22H,10-13,15,18H2,1-5H3,(H,34,38)(H,33,35,36);6-11,16,18,25H,12-15,17,19H2,1-5H3,(H,33,37)(H,32,34,35);3-8,13,16H,9-12,14-15H2,1-2H3,(H,28,29,30);3-10,17H,11-16H2,1-2H3,(H,27,28,29). The van der Waals surface area contributed by atoms with Gasteiger partial charge >= 0.3 is 0 Å². The number of likely N-dealkylation sites (tertiary alicyclic amines) is 2. The van der Waals surface area contributed by atoms with Crippen molar-refractivity contribution < 1.29 is 40.4 Å². The van der Waals surface area contributed by atoms with Crippen molar-refractivity contribution in [3.05, 3.63) is 326 Å². The Kier molecular flexibility index (Phi) is 38.8. The van der Waals surface area contributed by atoms with Crippen LogP contribution in [0.3, 0.4) is 0 Å². The second-order valence-corrected chi connectivity index (χ2v) is 47.5. The van der Waals surface area contributed by atoms with Crippen LogP contribution in [0.5, 0.6) is 0 Å². The summed E-state index contributed by atoms with van der Waals surface area (Å²) in [4.78, 5) is 99.6. The summed E-state index contributed by atoms with van der Waals surface area (Å²) in [5, 5.41) is 21.5. The molecule has 0 unspecified atom stereocenters. The van der Waals surface area contributed by atoms with Crippen molar-refractivity contribution in [1.82, 2.24) is 79.9 Å². The number of anilines is 8. The fourth-order valence-electron chi connectivity index (χ4n) is 16.4. The van der Waals surface area contributed by atoms with E-state index in [-0.39, 0.29) is 52.8 Å². The number of amides is 4. The minimum absolute atomic E-state index is 0.00740. The Labute approximate surface area is 882 Å². The Balaban J connectivity index is 0.000000164. The zero-order valence-electron chi connectivity index (χ0n) is 85.2. The van der Waals surface area contributed by atoms with Gasteiger partial charge in [-0.05, 0) is 319 Å².